The molecule has 0 saturated heterocycles. The fourth-order valence-corrected chi connectivity index (χ4v) is 0. The minimum Gasteiger partial charge on any atom is -0.822 e. The van der Waals surface area contributed by atoms with Crippen molar-refractivity contribution in [2.45, 2.75) is 0 Å². The molecule has 0 amide bonds. The van der Waals surface area contributed by atoms with Gasteiger partial charge in [-0.1, -0.05) is 0 Å². The molecule has 0 aliphatic carbocycles. The predicted octanol–water partition coefficient (Wildman–Crippen LogP) is -4.52. The number of hydrogen-bond donors (Lipinski definition) is 8. The fourth-order valence-electron chi connectivity index (χ4n) is 0. The van der Waals surface area contributed by atoms with Gasteiger partial charge in [-0.3, -0.25) is 0 Å². The number of phosphoric acid groups is 3. The van der Waals surface area contributed by atoms with Crippen molar-refractivity contribution >= 4 is 61.2 Å². The number of hydrogen-bond acceptors (Lipinski definition) is 7. The third kappa shape index (κ3) is 2090. The van der Waals surface area contributed by atoms with Crippen LogP contribution < -0.4 is 27.0 Å². The average molecular weight is 366 g/mol. The molecular formula is H13CaN2O12P3. The predicted molar refractivity (Wildman–Crippen MR) is 52.9 cm³/mol. The summed E-state index contributed by atoms with van der Waals surface area (Å²) in [5, 5.41) is 0. The van der Waals surface area contributed by atoms with Gasteiger partial charge in [-0.15, -0.1) is 0 Å². The van der Waals surface area contributed by atoms with E-state index in [1.807, 2.05) is 0 Å². The van der Waals surface area contributed by atoms with E-state index in [2.05, 4.69) is 0 Å². The van der Waals surface area contributed by atoms with Crippen LogP contribution in [0.15, 0.2) is 0 Å². The van der Waals surface area contributed by atoms with Crippen LogP contribution >= 0.6 is 23.5 Å². The Morgan fingerprint density at radius 2 is 0.667 bits per heavy atom. The molecule has 18 heteroatoms. The fraction of sp³-hybridized carbons (Fsp3) is 0. The summed E-state index contributed by atoms with van der Waals surface area (Å²) in [4.78, 5) is 68.8. The summed E-state index contributed by atoms with van der Waals surface area (Å²) in [6.07, 6.45) is 0. The van der Waals surface area contributed by atoms with Crippen LogP contribution in [-0.2, 0) is 13.7 Å². The second-order valence-corrected chi connectivity index (χ2v) is 4.42. The molecule has 0 heterocycles. The van der Waals surface area contributed by atoms with Crippen molar-refractivity contribution < 1.29 is 57.7 Å². The SMILES string of the molecule is N.O=P(O)(O)O.O=P(O)(O)O.O=P([O-])([O-])[O-].[Ca+2].[NH4+]. The zero-order valence-corrected chi connectivity index (χ0v) is 13.8. The maximum Gasteiger partial charge on any atom is 2.00 e. The molecule has 112 valence electrons. The summed E-state index contributed by atoms with van der Waals surface area (Å²) in [5.74, 6) is 0. The first kappa shape index (κ1) is 36.6. The zero-order valence-electron chi connectivity index (χ0n) is 8.89. The summed E-state index contributed by atoms with van der Waals surface area (Å²) < 4.78 is 26.3. The molecule has 0 atom stereocenters. The first-order chi connectivity index (χ1) is 6.00. The van der Waals surface area contributed by atoms with Crippen LogP contribution in [0.1, 0.15) is 0 Å². The molecule has 14 nitrogen and oxygen atoms in total. The molecule has 0 bridgehead atoms. The maximum atomic E-state index is 8.88. The van der Waals surface area contributed by atoms with Gasteiger partial charge in [0.2, 0.25) is 0 Å². The van der Waals surface area contributed by atoms with Gasteiger partial charge in [0.1, 0.15) is 0 Å². The van der Waals surface area contributed by atoms with E-state index >= 15 is 0 Å². The third-order valence-electron chi connectivity index (χ3n) is 0. The smallest absolute Gasteiger partial charge is 0.822 e. The summed E-state index contributed by atoms with van der Waals surface area (Å²) in [6.45, 7) is 0. The molecule has 0 aromatic heterocycles. The summed E-state index contributed by atoms with van der Waals surface area (Å²) >= 11 is 0. The third-order valence-corrected chi connectivity index (χ3v) is 0. The van der Waals surface area contributed by atoms with Gasteiger partial charge in [0.25, 0.3) is 0 Å². The van der Waals surface area contributed by atoms with Gasteiger partial charge in [0.05, 0.1) is 0 Å². The Labute approximate surface area is 131 Å². The maximum absolute atomic E-state index is 8.88. The summed E-state index contributed by atoms with van der Waals surface area (Å²) in [5.41, 5.74) is 0. The molecule has 0 saturated carbocycles. The molecule has 0 aromatic carbocycles. The molecule has 0 radical (unpaired) electrons. The molecule has 13 N–H and O–H groups in total. The van der Waals surface area contributed by atoms with E-state index in [-0.39, 0.29) is 50.0 Å². The van der Waals surface area contributed by atoms with Gasteiger partial charge < -0.3 is 60.9 Å². The van der Waals surface area contributed by atoms with E-state index in [0.717, 1.165) is 0 Å². The van der Waals surface area contributed by atoms with Crippen molar-refractivity contribution in [1.29, 1.82) is 0 Å². The Kier molecular flexibility index (Phi) is 30.3. The van der Waals surface area contributed by atoms with E-state index in [4.69, 9.17) is 57.7 Å². The molecule has 0 fully saturated rings. The Balaban J connectivity index is -0.0000000277. The summed E-state index contributed by atoms with van der Waals surface area (Å²) in [6, 6.07) is 0. The molecule has 0 aromatic rings. The topological polar surface area (TPSA) is 313 Å². The molecule has 0 aliphatic rings. The van der Waals surface area contributed by atoms with Crippen molar-refractivity contribution in [2.24, 2.45) is 0 Å². The van der Waals surface area contributed by atoms with Crippen LogP contribution in [0.5, 0.6) is 0 Å². The van der Waals surface area contributed by atoms with Gasteiger partial charge in [0.15, 0.2) is 0 Å². The van der Waals surface area contributed by atoms with Crippen LogP contribution in [0.2, 0.25) is 0 Å². The normalized spacial score (nSPS) is 9.83. The van der Waals surface area contributed by atoms with Gasteiger partial charge in [0, 0.05) is 0 Å². The molecule has 0 rings (SSSR count). The Hall–Kier alpha value is 1.51. The van der Waals surface area contributed by atoms with Crippen molar-refractivity contribution in [3.05, 3.63) is 0 Å². The van der Waals surface area contributed by atoms with E-state index in [9.17, 15) is 0 Å². The van der Waals surface area contributed by atoms with E-state index < -0.39 is 23.5 Å². The molecule has 0 unspecified atom stereocenters. The monoisotopic (exact) mass is 366 g/mol. The van der Waals surface area contributed by atoms with Crippen LogP contribution in [0.4, 0.5) is 0 Å². The largest absolute Gasteiger partial charge is 2.00 e. The van der Waals surface area contributed by atoms with Gasteiger partial charge in [-0.05, 0) is 0 Å². The van der Waals surface area contributed by atoms with E-state index in [1.54, 1.807) is 0 Å². The molecule has 0 aliphatic heterocycles. The minimum atomic E-state index is -5.39. The minimum absolute atomic E-state index is 0. The quantitative estimate of drug-likeness (QED) is 0.148. The first-order valence-corrected chi connectivity index (χ1v) is 6.89. The van der Waals surface area contributed by atoms with Crippen molar-refractivity contribution in [3.63, 3.8) is 0 Å². The van der Waals surface area contributed by atoms with Crippen molar-refractivity contribution in [2.75, 3.05) is 0 Å². The second kappa shape index (κ2) is 14.9. The van der Waals surface area contributed by atoms with Gasteiger partial charge in [-0.2, -0.15) is 7.82 Å². The van der Waals surface area contributed by atoms with Crippen LogP contribution in [0.3, 0.4) is 0 Å². The molecule has 18 heavy (non-hydrogen) atoms. The van der Waals surface area contributed by atoms with Crippen molar-refractivity contribution in [3.8, 4) is 0 Å². The Bertz CT molecular complexity index is 211. The second-order valence-electron chi connectivity index (χ2n) is 1.47. The Morgan fingerprint density at radius 1 is 0.667 bits per heavy atom. The van der Waals surface area contributed by atoms with Crippen LogP contribution in [0.25, 0.3) is 0 Å². The summed E-state index contributed by atoms with van der Waals surface area (Å²) in [7, 11) is -14.7. The Morgan fingerprint density at radius 3 is 0.667 bits per heavy atom. The van der Waals surface area contributed by atoms with Gasteiger partial charge in [-0.25, -0.2) is 9.13 Å². The average Bonchev–Trinajstić information content (AvgIpc) is 1.41. The molecular weight excluding hydrogens is 353 g/mol. The molecule has 0 spiro atoms. The number of rotatable bonds is 0. The van der Waals surface area contributed by atoms with Gasteiger partial charge >= 0.3 is 53.4 Å². The first-order valence-electron chi connectivity index (χ1n) is 2.30. The van der Waals surface area contributed by atoms with E-state index in [0.29, 0.717) is 0 Å². The number of quaternary nitrogens is 1. The zero-order chi connectivity index (χ0) is 13.5. The van der Waals surface area contributed by atoms with Crippen molar-refractivity contribution in [1.82, 2.24) is 12.3 Å². The van der Waals surface area contributed by atoms with Crippen LogP contribution in [-0.4, -0.2) is 67.1 Å². The van der Waals surface area contributed by atoms with Crippen LogP contribution in [0, 0.1) is 0 Å². The van der Waals surface area contributed by atoms with E-state index in [1.165, 1.54) is 0 Å². The standard InChI is InChI=1S/Ca.2H3N.3H3O4P/c;;;3*1-5(2,3)4/h;2*1H3;3*(H3,1,2,3,4)/q+2;;;;;/p-2.